The number of amides is 2. The number of carbonyl (C=O) groups excluding carboxylic acids is 2. The van der Waals surface area contributed by atoms with E-state index in [1.165, 1.54) is 29.6 Å². The van der Waals surface area contributed by atoms with Crippen molar-refractivity contribution in [3.63, 3.8) is 0 Å². The maximum atomic E-state index is 12.9. The normalized spacial score (nSPS) is 16.1. The molecule has 1 unspecified atom stereocenters. The van der Waals surface area contributed by atoms with Gasteiger partial charge in [0, 0.05) is 23.4 Å². The summed E-state index contributed by atoms with van der Waals surface area (Å²) in [6.07, 6.45) is 2.49. The number of carboxylic acid groups (broad SMARTS) is 1. The molecule has 1 aliphatic heterocycles. The van der Waals surface area contributed by atoms with Crippen LogP contribution < -0.4 is 10.6 Å². The minimum Gasteiger partial charge on any atom is -0.477 e. The van der Waals surface area contributed by atoms with E-state index in [1.54, 1.807) is 6.07 Å². The molecular weight excluding hydrogens is 484 g/mol. The molecule has 3 N–H and O–H groups in total. The molecule has 1 atom stereocenters. The Hall–Kier alpha value is -3.34. The number of anilines is 2. The third-order valence-corrected chi connectivity index (χ3v) is 8.27. The lowest BCUT2D eigenvalue weighted by molar-refractivity contribution is -0.117. The molecule has 0 bridgehead atoms. The number of hydrogen-bond acceptors (Lipinski definition) is 7. The molecule has 8 nitrogen and oxygen atoms in total. The summed E-state index contributed by atoms with van der Waals surface area (Å²) >= 11 is 2.67. The van der Waals surface area contributed by atoms with Crippen LogP contribution in [0.15, 0.2) is 42.5 Å². The first kappa shape index (κ1) is 23.4. The Kier molecular flexibility index (Phi) is 6.50. The van der Waals surface area contributed by atoms with Crippen LogP contribution in [-0.2, 0) is 16.0 Å². The molecule has 4 aromatic rings. The number of thiophene rings is 1. The Morgan fingerprint density at radius 2 is 1.94 bits per heavy atom. The van der Waals surface area contributed by atoms with Crippen molar-refractivity contribution in [2.45, 2.75) is 32.2 Å². The summed E-state index contributed by atoms with van der Waals surface area (Å²) in [5.74, 6) is -1.19. The minimum absolute atomic E-state index is 0.104. The number of nitrogens with one attached hydrogen (secondary N) is 2. The first-order valence-corrected chi connectivity index (χ1v) is 13.0. The van der Waals surface area contributed by atoms with Gasteiger partial charge in [-0.25, -0.2) is 9.78 Å². The second-order valence-corrected chi connectivity index (χ2v) is 10.7. The van der Waals surface area contributed by atoms with Crippen molar-refractivity contribution >= 4 is 71.6 Å². The van der Waals surface area contributed by atoms with Gasteiger partial charge >= 0.3 is 5.97 Å². The van der Waals surface area contributed by atoms with Crippen molar-refractivity contribution in [3.05, 3.63) is 52.9 Å². The van der Waals surface area contributed by atoms with Gasteiger partial charge in [-0.05, 0) is 61.0 Å². The van der Waals surface area contributed by atoms with Crippen molar-refractivity contribution in [2.75, 3.05) is 23.7 Å². The van der Waals surface area contributed by atoms with Gasteiger partial charge in [0.1, 0.15) is 4.88 Å². The van der Waals surface area contributed by atoms with E-state index in [-0.39, 0.29) is 24.4 Å². The molecule has 2 aromatic carbocycles. The van der Waals surface area contributed by atoms with Crippen molar-refractivity contribution in [2.24, 2.45) is 0 Å². The number of benzene rings is 2. The number of carboxylic acids is 1. The summed E-state index contributed by atoms with van der Waals surface area (Å²) in [5.41, 5.74) is 2.30. The third kappa shape index (κ3) is 5.04. The van der Waals surface area contributed by atoms with Gasteiger partial charge in [0.25, 0.3) is 0 Å². The number of aromatic carboxylic acids is 1. The van der Waals surface area contributed by atoms with E-state index in [0.29, 0.717) is 22.1 Å². The van der Waals surface area contributed by atoms with E-state index in [9.17, 15) is 19.5 Å². The van der Waals surface area contributed by atoms with E-state index in [1.807, 2.05) is 36.4 Å². The van der Waals surface area contributed by atoms with E-state index in [0.717, 1.165) is 45.3 Å². The summed E-state index contributed by atoms with van der Waals surface area (Å²) in [5, 5.41) is 16.9. The highest BCUT2D eigenvalue weighted by atomic mass is 32.1. The van der Waals surface area contributed by atoms with E-state index >= 15 is 0 Å². The average molecular weight is 509 g/mol. The zero-order valence-electron chi connectivity index (χ0n) is 19.0. The lowest BCUT2D eigenvalue weighted by atomic mass is 10.0. The second kappa shape index (κ2) is 9.73. The second-order valence-electron chi connectivity index (χ2n) is 8.61. The van der Waals surface area contributed by atoms with Gasteiger partial charge in [-0.2, -0.15) is 0 Å². The summed E-state index contributed by atoms with van der Waals surface area (Å²) in [7, 11) is 0. The number of likely N-dealkylation sites (tertiary alicyclic amines) is 1. The molecule has 1 aliphatic rings. The van der Waals surface area contributed by atoms with Crippen LogP contribution in [0.2, 0.25) is 0 Å². The van der Waals surface area contributed by atoms with Crippen LogP contribution in [0.4, 0.5) is 10.8 Å². The summed E-state index contributed by atoms with van der Waals surface area (Å²) in [6.45, 7) is 2.47. The fraction of sp³-hybridized carbons (Fsp3) is 0.280. The Balaban J connectivity index is 1.28. The van der Waals surface area contributed by atoms with Gasteiger partial charge in [0.05, 0.1) is 16.8 Å². The predicted molar refractivity (Wildman–Crippen MR) is 140 cm³/mol. The number of nitrogens with zero attached hydrogens (tertiary/aromatic N) is 2. The van der Waals surface area contributed by atoms with Crippen molar-refractivity contribution in [1.29, 1.82) is 0 Å². The Bertz CT molecular complexity index is 1440. The lowest BCUT2D eigenvalue weighted by Crippen LogP contribution is -2.38. The van der Waals surface area contributed by atoms with E-state index < -0.39 is 5.97 Å². The maximum Gasteiger partial charge on any atom is 0.346 e. The molecule has 1 saturated heterocycles. The Morgan fingerprint density at radius 1 is 1.11 bits per heavy atom. The number of thiazole rings is 1. The van der Waals surface area contributed by atoms with Crippen molar-refractivity contribution in [1.82, 2.24) is 9.88 Å². The van der Waals surface area contributed by atoms with E-state index in [4.69, 9.17) is 0 Å². The first-order chi connectivity index (χ1) is 16.9. The molecule has 2 amide bonds. The van der Waals surface area contributed by atoms with Gasteiger partial charge in [-0.15, -0.1) is 11.3 Å². The van der Waals surface area contributed by atoms with Gasteiger partial charge in [-0.3, -0.25) is 14.5 Å². The molecule has 180 valence electrons. The number of hydrogen-bond donors (Lipinski definition) is 3. The average Bonchev–Trinajstić information content (AvgIpc) is 3.51. The number of fused-ring (bicyclic) bond motifs is 2. The lowest BCUT2D eigenvalue weighted by Gasteiger charge is -2.23. The fourth-order valence-corrected chi connectivity index (χ4v) is 6.64. The largest absolute Gasteiger partial charge is 0.477 e. The van der Waals surface area contributed by atoms with Crippen molar-refractivity contribution < 1.29 is 19.5 Å². The van der Waals surface area contributed by atoms with Gasteiger partial charge < -0.3 is 15.7 Å². The Labute approximate surface area is 209 Å². The molecular formula is C25H24N4O4S2. The number of rotatable bonds is 7. The van der Waals surface area contributed by atoms with Crippen LogP contribution in [0.3, 0.4) is 0 Å². The summed E-state index contributed by atoms with van der Waals surface area (Å²) < 4.78 is 1.84. The van der Waals surface area contributed by atoms with Gasteiger partial charge in [-0.1, -0.05) is 29.5 Å². The first-order valence-electron chi connectivity index (χ1n) is 11.3. The van der Waals surface area contributed by atoms with Crippen LogP contribution in [0, 0.1) is 0 Å². The molecule has 5 rings (SSSR count). The van der Waals surface area contributed by atoms with Gasteiger partial charge in [0.2, 0.25) is 11.8 Å². The minimum atomic E-state index is -0.902. The van der Waals surface area contributed by atoms with Gasteiger partial charge in [0.15, 0.2) is 5.13 Å². The molecule has 0 spiro atoms. The highest BCUT2D eigenvalue weighted by Gasteiger charge is 2.29. The van der Waals surface area contributed by atoms with Crippen LogP contribution in [0.5, 0.6) is 0 Å². The van der Waals surface area contributed by atoms with Crippen LogP contribution in [0.1, 0.15) is 35.0 Å². The predicted octanol–water partition coefficient (Wildman–Crippen LogP) is 4.81. The number of carbonyl (C=O) groups is 3. The number of aromatic nitrogens is 1. The topological polar surface area (TPSA) is 112 Å². The van der Waals surface area contributed by atoms with Crippen LogP contribution >= 0.6 is 22.7 Å². The zero-order chi connectivity index (χ0) is 24.5. The zero-order valence-corrected chi connectivity index (χ0v) is 20.7. The monoisotopic (exact) mass is 508 g/mol. The molecule has 10 heteroatoms. The molecule has 0 aliphatic carbocycles. The highest BCUT2D eigenvalue weighted by molar-refractivity contribution is 7.22. The SMILES string of the molecule is CC(=O)Nc1ccc2nc(NC(=O)CN3CCCC3Cc3c(C(=O)O)sc4ccccc34)sc2c1. The molecule has 0 saturated carbocycles. The van der Waals surface area contributed by atoms with E-state index in [2.05, 4.69) is 20.5 Å². The van der Waals surface area contributed by atoms with Crippen LogP contribution in [0.25, 0.3) is 20.3 Å². The maximum absolute atomic E-state index is 12.9. The molecule has 3 heterocycles. The standard InChI is InChI=1S/C25H24N4O4S2/c1-14(30)26-15-8-9-19-21(11-15)35-25(27-19)28-22(31)13-29-10-4-5-16(29)12-18-17-6-2-3-7-20(17)34-23(18)24(32)33/h2-3,6-9,11,16H,4-5,10,12-13H2,1H3,(H,26,30)(H,32,33)(H,27,28,31). The molecule has 1 fully saturated rings. The highest BCUT2D eigenvalue weighted by Crippen LogP contribution is 2.34. The molecule has 35 heavy (non-hydrogen) atoms. The summed E-state index contributed by atoms with van der Waals surface area (Å²) in [4.78, 5) is 43.0. The fourth-order valence-electron chi connectivity index (χ4n) is 4.65. The Morgan fingerprint density at radius 3 is 2.74 bits per heavy atom. The molecule has 0 radical (unpaired) electrons. The quantitative estimate of drug-likeness (QED) is 0.330. The molecule has 2 aromatic heterocycles. The smallest absolute Gasteiger partial charge is 0.346 e. The van der Waals surface area contributed by atoms with Crippen molar-refractivity contribution in [3.8, 4) is 0 Å². The van der Waals surface area contributed by atoms with Crippen LogP contribution in [-0.4, -0.2) is 51.9 Å². The third-order valence-electron chi connectivity index (χ3n) is 6.13. The summed E-state index contributed by atoms with van der Waals surface area (Å²) in [6, 6.07) is 13.3.